The van der Waals surface area contributed by atoms with Crippen LogP contribution in [0.15, 0.2) is 24.3 Å². The lowest BCUT2D eigenvalue weighted by molar-refractivity contribution is 0.789. The Morgan fingerprint density at radius 2 is 2.06 bits per heavy atom. The van der Waals surface area contributed by atoms with Crippen molar-refractivity contribution in [2.75, 3.05) is 5.32 Å². The van der Waals surface area contributed by atoms with Crippen LogP contribution in [0.5, 0.6) is 0 Å². The molecule has 0 atom stereocenters. The van der Waals surface area contributed by atoms with E-state index in [9.17, 15) is 0 Å². The molecular formula is C14H20N4. The average molecular weight is 244 g/mol. The number of nitrogens with zero attached hydrogens (tertiary/aromatic N) is 3. The Kier molecular flexibility index (Phi) is 3.65. The second kappa shape index (κ2) is 5.21. The number of aromatic nitrogens is 3. The van der Waals surface area contributed by atoms with Crippen molar-refractivity contribution in [3.63, 3.8) is 0 Å². The van der Waals surface area contributed by atoms with Crippen molar-refractivity contribution in [1.82, 2.24) is 14.8 Å². The van der Waals surface area contributed by atoms with Gasteiger partial charge in [-0.3, -0.25) is 0 Å². The maximum Gasteiger partial charge on any atom is 0.152 e. The lowest BCUT2D eigenvalue weighted by Gasteiger charge is -2.10. The van der Waals surface area contributed by atoms with Crippen molar-refractivity contribution in [2.45, 2.75) is 33.2 Å². The van der Waals surface area contributed by atoms with Gasteiger partial charge in [-0.2, -0.15) is 0 Å². The summed E-state index contributed by atoms with van der Waals surface area (Å²) in [5.74, 6) is 2.43. The van der Waals surface area contributed by atoms with E-state index in [1.54, 1.807) is 0 Å². The first kappa shape index (κ1) is 12.6. The molecule has 0 spiro atoms. The smallest absolute Gasteiger partial charge is 0.152 e. The maximum atomic E-state index is 4.14. The number of anilines is 1. The van der Waals surface area contributed by atoms with E-state index in [-0.39, 0.29) is 0 Å². The van der Waals surface area contributed by atoms with Crippen molar-refractivity contribution in [3.8, 4) is 0 Å². The van der Waals surface area contributed by atoms with Gasteiger partial charge in [-0.05, 0) is 30.5 Å². The molecule has 96 valence electrons. The zero-order valence-electron chi connectivity index (χ0n) is 11.4. The molecule has 0 unspecified atom stereocenters. The fourth-order valence-electron chi connectivity index (χ4n) is 1.79. The van der Waals surface area contributed by atoms with Crippen molar-refractivity contribution in [2.24, 2.45) is 7.05 Å². The van der Waals surface area contributed by atoms with Crippen molar-refractivity contribution >= 4 is 5.69 Å². The molecule has 0 saturated carbocycles. The summed E-state index contributed by atoms with van der Waals surface area (Å²) in [5, 5.41) is 11.6. The minimum atomic E-state index is 0.545. The molecule has 0 saturated heterocycles. The topological polar surface area (TPSA) is 42.7 Å². The summed E-state index contributed by atoms with van der Waals surface area (Å²) in [6.45, 7) is 7.05. The summed E-state index contributed by atoms with van der Waals surface area (Å²) in [6, 6.07) is 8.50. The third kappa shape index (κ3) is 2.70. The molecule has 4 heteroatoms. The third-order valence-corrected chi connectivity index (χ3v) is 3.19. The van der Waals surface area contributed by atoms with Crippen molar-refractivity contribution in [1.29, 1.82) is 0 Å². The SMILES string of the molecule is Cc1nnc(CNc2cccc(C(C)C)c2)n1C. The second-order valence-corrected chi connectivity index (χ2v) is 4.86. The molecule has 18 heavy (non-hydrogen) atoms. The molecule has 0 radical (unpaired) electrons. The zero-order valence-corrected chi connectivity index (χ0v) is 11.4. The summed E-state index contributed by atoms with van der Waals surface area (Å²) in [4.78, 5) is 0. The largest absolute Gasteiger partial charge is 0.378 e. The summed E-state index contributed by atoms with van der Waals surface area (Å²) >= 11 is 0. The first-order valence-electron chi connectivity index (χ1n) is 6.26. The Labute approximate surface area is 108 Å². The van der Waals surface area contributed by atoms with E-state index in [4.69, 9.17) is 0 Å². The molecule has 0 bridgehead atoms. The van der Waals surface area contributed by atoms with Gasteiger partial charge in [0.2, 0.25) is 0 Å². The van der Waals surface area contributed by atoms with E-state index < -0.39 is 0 Å². The minimum absolute atomic E-state index is 0.545. The van der Waals surface area contributed by atoms with Crippen LogP contribution in [0.3, 0.4) is 0 Å². The molecular weight excluding hydrogens is 224 g/mol. The van der Waals surface area contributed by atoms with Crippen LogP contribution in [0.25, 0.3) is 0 Å². The standard InChI is InChI=1S/C14H20N4/c1-10(2)12-6-5-7-13(8-12)15-9-14-17-16-11(3)18(14)4/h5-8,10,15H,9H2,1-4H3. The van der Waals surface area contributed by atoms with E-state index in [2.05, 4.69) is 53.6 Å². The molecule has 0 aliphatic rings. The summed E-state index contributed by atoms with van der Waals surface area (Å²) in [5.41, 5.74) is 2.47. The summed E-state index contributed by atoms with van der Waals surface area (Å²) < 4.78 is 2.00. The molecule has 0 aliphatic heterocycles. The number of rotatable bonds is 4. The van der Waals surface area contributed by atoms with Crippen LogP contribution < -0.4 is 5.32 Å². The van der Waals surface area contributed by atoms with E-state index in [1.807, 2.05) is 18.5 Å². The molecule has 1 aromatic heterocycles. The highest BCUT2D eigenvalue weighted by Gasteiger charge is 2.05. The van der Waals surface area contributed by atoms with Crippen molar-refractivity contribution in [3.05, 3.63) is 41.5 Å². The Hall–Kier alpha value is -1.84. The maximum absolute atomic E-state index is 4.14. The highest BCUT2D eigenvalue weighted by atomic mass is 15.3. The molecule has 0 fully saturated rings. The number of benzene rings is 1. The molecule has 0 aliphatic carbocycles. The van der Waals surface area contributed by atoms with Crippen LogP contribution in [0, 0.1) is 6.92 Å². The van der Waals surface area contributed by atoms with Crippen LogP contribution in [0.4, 0.5) is 5.69 Å². The van der Waals surface area contributed by atoms with E-state index in [1.165, 1.54) is 5.56 Å². The Morgan fingerprint density at radius 1 is 1.28 bits per heavy atom. The highest BCUT2D eigenvalue weighted by Crippen LogP contribution is 2.18. The predicted octanol–water partition coefficient (Wildman–Crippen LogP) is 2.86. The van der Waals surface area contributed by atoms with Gasteiger partial charge in [-0.15, -0.1) is 10.2 Å². The first-order valence-corrected chi connectivity index (χ1v) is 6.26. The van der Waals surface area contributed by atoms with E-state index in [0.29, 0.717) is 12.5 Å². The summed E-state index contributed by atoms with van der Waals surface area (Å²) in [7, 11) is 1.98. The monoisotopic (exact) mass is 244 g/mol. The Balaban J connectivity index is 2.06. The van der Waals surface area contributed by atoms with Gasteiger partial charge >= 0.3 is 0 Å². The fourth-order valence-corrected chi connectivity index (χ4v) is 1.79. The third-order valence-electron chi connectivity index (χ3n) is 3.19. The van der Waals surface area contributed by atoms with Gasteiger partial charge in [0.15, 0.2) is 5.82 Å². The van der Waals surface area contributed by atoms with Gasteiger partial charge in [0.25, 0.3) is 0 Å². The van der Waals surface area contributed by atoms with E-state index in [0.717, 1.165) is 17.3 Å². The molecule has 4 nitrogen and oxygen atoms in total. The van der Waals surface area contributed by atoms with Crippen LogP contribution in [0.1, 0.15) is 37.0 Å². The van der Waals surface area contributed by atoms with Gasteiger partial charge in [-0.1, -0.05) is 26.0 Å². The lowest BCUT2D eigenvalue weighted by Crippen LogP contribution is -2.07. The minimum Gasteiger partial charge on any atom is -0.378 e. The van der Waals surface area contributed by atoms with Gasteiger partial charge in [-0.25, -0.2) is 0 Å². The molecule has 0 amide bonds. The predicted molar refractivity (Wildman–Crippen MR) is 73.6 cm³/mol. The molecule has 2 aromatic rings. The highest BCUT2D eigenvalue weighted by molar-refractivity contribution is 5.46. The van der Waals surface area contributed by atoms with Gasteiger partial charge in [0.1, 0.15) is 5.82 Å². The molecule has 1 N–H and O–H groups in total. The van der Waals surface area contributed by atoms with Gasteiger partial charge < -0.3 is 9.88 Å². The zero-order chi connectivity index (χ0) is 13.1. The number of hydrogen-bond acceptors (Lipinski definition) is 3. The number of nitrogens with one attached hydrogen (secondary N) is 1. The normalized spacial score (nSPS) is 10.9. The van der Waals surface area contributed by atoms with Crippen LogP contribution in [-0.2, 0) is 13.6 Å². The fraction of sp³-hybridized carbons (Fsp3) is 0.429. The molecule has 1 heterocycles. The first-order chi connectivity index (χ1) is 8.58. The Morgan fingerprint density at radius 3 is 2.67 bits per heavy atom. The average Bonchev–Trinajstić information content (AvgIpc) is 2.68. The van der Waals surface area contributed by atoms with E-state index >= 15 is 0 Å². The van der Waals surface area contributed by atoms with Crippen LogP contribution in [0.2, 0.25) is 0 Å². The number of hydrogen-bond donors (Lipinski definition) is 1. The molecule has 1 aromatic carbocycles. The summed E-state index contributed by atoms with van der Waals surface area (Å²) in [6.07, 6.45) is 0. The van der Waals surface area contributed by atoms with Crippen molar-refractivity contribution < 1.29 is 0 Å². The van der Waals surface area contributed by atoms with Gasteiger partial charge in [0.05, 0.1) is 6.54 Å². The van der Waals surface area contributed by atoms with Crippen LogP contribution >= 0.6 is 0 Å². The quantitative estimate of drug-likeness (QED) is 0.899. The number of aryl methyl sites for hydroxylation is 1. The Bertz CT molecular complexity index is 528. The van der Waals surface area contributed by atoms with Gasteiger partial charge in [0, 0.05) is 12.7 Å². The molecule has 2 rings (SSSR count). The van der Waals surface area contributed by atoms with Crippen LogP contribution in [-0.4, -0.2) is 14.8 Å². The second-order valence-electron chi connectivity index (χ2n) is 4.86. The lowest BCUT2D eigenvalue weighted by atomic mass is 10.0.